The fourth-order valence-corrected chi connectivity index (χ4v) is 6.33. The number of furan rings is 1. The predicted molar refractivity (Wildman–Crippen MR) is 145 cm³/mol. The van der Waals surface area contributed by atoms with Crippen LogP contribution in [0.1, 0.15) is 57.0 Å². The van der Waals surface area contributed by atoms with Gasteiger partial charge in [0, 0.05) is 48.7 Å². The summed E-state index contributed by atoms with van der Waals surface area (Å²) in [6.45, 7) is 11.5. The zero-order valence-electron chi connectivity index (χ0n) is 21.5. The molecular weight excluding hydrogens is 498 g/mol. The molecule has 0 amide bonds. The molecule has 5 rings (SSSR count). The van der Waals surface area contributed by atoms with Crippen molar-refractivity contribution in [2.75, 3.05) is 32.8 Å². The summed E-state index contributed by atoms with van der Waals surface area (Å²) in [4.78, 5) is 4.53. The Bertz CT molecular complexity index is 1210. The van der Waals surface area contributed by atoms with E-state index in [0.717, 1.165) is 59.8 Å². The van der Waals surface area contributed by atoms with Gasteiger partial charge in [-0.3, -0.25) is 9.80 Å². The van der Waals surface area contributed by atoms with Gasteiger partial charge < -0.3 is 9.15 Å². The molecule has 1 saturated heterocycles. The molecule has 36 heavy (non-hydrogen) atoms. The summed E-state index contributed by atoms with van der Waals surface area (Å²) in [6, 6.07) is 11.4. The molecule has 2 atom stereocenters. The molecule has 0 aliphatic carbocycles. The highest BCUT2D eigenvalue weighted by atomic mass is 35.5. The predicted octanol–water partition coefficient (Wildman–Crippen LogP) is 7.54. The Kier molecular flexibility index (Phi) is 7.30. The van der Waals surface area contributed by atoms with Crippen LogP contribution < -0.4 is 4.74 Å². The average molecular weight is 534 g/mol. The molecule has 2 aromatic carbocycles. The summed E-state index contributed by atoms with van der Waals surface area (Å²) >= 11 is 13.8. The number of likely N-dealkylation sites (tertiary alicyclic amines) is 1. The first-order valence-electron chi connectivity index (χ1n) is 12.9. The summed E-state index contributed by atoms with van der Waals surface area (Å²) in [6.07, 6.45) is 2.00. The van der Waals surface area contributed by atoms with E-state index >= 15 is 4.39 Å². The van der Waals surface area contributed by atoms with Gasteiger partial charge >= 0.3 is 0 Å². The highest BCUT2D eigenvalue weighted by Crippen LogP contribution is 2.48. The lowest BCUT2D eigenvalue weighted by molar-refractivity contribution is 0.0599. The van der Waals surface area contributed by atoms with Crippen LogP contribution in [0.25, 0.3) is 11.0 Å². The number of fused-ring (bicyclic) bond motifs is 3. The van der Waals surface area contributed by atoms with Gasteiger partial charge in [0.1, 0.15) is 29.4 Å². The van der Waals surface area contributed by atoms with Crippen molar-refractivity contribution in [2.24, 2.45) is 5.92 Å². The van der Waals surface area contributed by atoms with Crippen molar-refractivity contribution in [3.63, 3.8) is 0 Å². The minimum atomic E-state index is -1.40. The van der Waals surface area contributed by atoms with Crippen LogP contribution in [0.5, 0.6) is 5.75 Å². The number of hydrogen-bond acceptors (Lipinski definition) is 4. The normalized spacial score (nSPS) is 21.5. The minimum Gasteiger partial charge on any atom is -0.492 e. The van der Waals surface area contributed by atoms with Gasteiger partial charge in [0.15, 0.2) is 0 Å². The molecule has 0 N–H and O–H groups in total. The van der Waals surface area contributed by atoms with E-state index in [9.17, 15) is 0 Å². The van der Waals surface area contributed by atoms with Crippen LogP contribution in [0.15, 0.2) is 40.8 Å². The lowest BCUT2D eigenvalue weighted by Gasteiger charge is -2.42. The van der Waals surface area contributed by atoms with E-state index in [2.05, 4.69) is 29.7 Å². The van der Waals surface area contributed by atoms with E-state index in [0.29, 0.717) is 22.4 Å². The van der Waals surface area contributed by atoms with Crippen molar-refractivity contribution in [3.8, 4) is 5.75 Å². The molecule has 0 radical (unpaired) electrons. The summed E-state index contributed by atoms with van der Waals surface area (Å²) in [5.74, 6) is 2.25. The molecule has 3 heterocycles. The maximum absolute atomic E-state index is 15.0. The van der Waals surface area contributed by atoms with E-state index in [4.69, 9.17) is 32.4 Å². The molecule has 194 valence electrons. The molecule has 0 spiro atoms. The largest absolute Gasteiger partial charge is 0.492 e. The van der Waals surface area contributed by atoms with Crippen molar-refractivity contribution in [3.05, 3.63) is 63.3 Å². The van der Waals surface area contributed by atoms with E-state index < -0.39 is 11.7 Å². The molecular formula is C29H35Cl2FN2O2. The number of nitrogens with zero attached hydrogens (tertiary/aromatic N) is 2. The molecule has 2 aliphatic heterocycles. The molecule has 7 heteroatoms. The van der Waals surface area contributed by atoms with Crippen molar-refractivity contribution >= 4 is 34.2 Å². The Labute approximate surface area is 223 Å². The minimum absolute atomic E-state index is 0.0741. The molecule has 2 aliphatic rings. The van der Waals surface area contributed by atoms with Crippen molar-refractivity contribution in [2.45, 2.75) is 58.3 Å². The number of hydrogen-bond donors (Lipinski definition) is 0. The quantitative estimate of drug-likeness (QED) is 0.299. The van der Waals surface area contributed by atoms with Crippen molar-refractivity contribution in [1.29, 1.82) is 0 Å². The number of halogens is 3. The Balaban J connectivity index is 1.47. The number of benzene rings is 2. The maximum atomic E-state index is 15.0. The third kappa shape index (κ3) is 5.13. The lowest BCUT2D eigenvalue weighted by atomic mass is 9.88. The van der Waals surface area contributed by atoms with Gasteiger partial charge in [0.05, 0.1) is 16.1 Å². The topological polar surface area (TPSA) is 28.9 Å². The zero-order chi connectivity index (χ0) is 25.6. The van der Waals surface area contributed by atoms with Gasteiger partial charge in [-0.2, -0.15) is 0 Å². The molecule has 4 nitrogen and oxygen atoms in total. The van der Waals surface area contributed by atoms with Gasteiger partial charge in [0.25, 0.3) is 0 Å². The molecule has 0 saturated carbocycles. The van der Waals surface area contributed by atoms with E-state index in [1.165, 1.54) is 6.42 Å². The highest BCUT2D eigenvalue weighted by molar-refractivity contribution is 6.36. The zero-order valence-corrected chi connectivity index (χ0v) is 23.0. The monoisotopic (exact) mass is 532 g/mol. The second-order valence-corrected chi connectivity index (χ2v) is 11.8. The Hall–Kier alpha value is -1.79. The first kappa shape index (κ1) is 25.8. The second-order valence-electron chi connectivity index (χ2n) is 11.0. The summed E-state index contributed by atoms with van der Waals surface area (Å²) in [7, 11) is 0. The van der Waals surface area contributed by atoms with Crippen LogP contribution in [-0.2, 0) is 6.42 Å². The number of ether oxygens (including phenoxy) is 1. The van der Waals surface area contributed by atoms with Gasteiger partial charge in [-0.1, -0.05) is 54.7 Å². The first-order valence-corrected chi connectivity index (χ1v) is 13.7. The van der Waals surface area contributed by atoms with Gasteiger partial charge in [-0.05, 0) is 51.3 Å². The Morgan fingerprint density at radius 2 is 1.83 bits per heavy atom. The standard InChI is InChI=1S/C29H35Cl2FN2O2/c1-5-19-15-33(16-19)10-11-35-20-13-23(30)26(24(31)14-20)27-28-22(21-8-6-7-9-25(21)36-28)12-18(2)34(27)17-29(3,4)32/h6-9,13-14,18-19,27H,5,10-12,15-17H2,1-4H3. The van der Waals surface area contributed by atoms with Gasteiger partial charge in [0.2, 0.25) is 0 Å². The third-order valence-corrected chi connectivity index (χ3v) is 8.17. The SMILES string of the molecule is CCC1CN(CCOc2cc(Cl)c(C3c4oc5ccccc5c4CC(C)N3CC(C)(C)F)c(Cl)c2)C1. The number of para-hydroxylation sites is 1. The fraction of sp³-hybridized carbons (Fsp3) is 0.517. The highest BCUT2D eigenvalue weighted by Gasteiger charge is 2.41. The summed E-state index contributed by atoms with van der Waals surface area (Å²) in [5, 5.41) is 2.09. The third-order valence-electron chi connectivity index (χ3n) is 7.55. The van der Waals surface area contributed by atoms with Crippen LogP contribution in [-0.4, -0.2) is 54.3 Å². The smallest absolute Gasteiger partial charge is 0.134 e. The molecule has 0 bridgehead atoms. The first-order chi connectivity index (χ1) is 17.1. The van der Waals surface area contributed by atoms with Crippen LogP contribution in [0.4, 0.5) is 4.39 Å². The molecule has 3 aromatic rings. The maximum Gasteiger partial charge on any atom is 0.134 e. The van der Waals surface area contributed by atoms with Gasteiger partial charge in [-0.15, -0.1) is 0 Å². The van der Waals surface area contributed by atoms with Crippen molar-refractivity contribution < 1.29 is 13.5 Å². The number of alkyl halides is 1. The van der Waals surface area contributed by atoms with Crippen LogP contribution in [0, 0.1) is 5.92 Å². The summed E-state index contributed by atoms with van der Waals surface area (Å²) in [5.41, 5.74) is 1.30. The van der Waals surface area contributed by atoms with Gasteiger partial charge in [-0.25, -0.2) is 4.39 Å². The fourth-order valence-electron chi connectivity index (χ4n) is 5.66. The van der Waals surface area contributed by atoms with Crippen molar-refractivity contribution in [1.82, 2.24) is 9.80 Å². The van der Waals surface area contributed by atoms with E-state index in [-0.39, 0.29) is 12.6 Å². The van der Waals surface area contributed by atoms with E-state index in [1.807, 2.05) is 30.3 Å². The molecule has 1 fully saturated rings. The lowest BCUT2D eigenvalue weighted by Crippen LogP contribution is -2.47. The second kappa shape index (κ2) is 10.2. The Morgan fingerprint density at radius 3 is 2.50 bits per heavy atom. The Morgan fingerprint density at radius 1 is 1.14 bits per heavy atom. The molecule has 1 aromatic heterocycles. The van der Waals surface area contributed by atoms with E-state index in [1.54, 1.807) is 13.8 Å². The average Bonchev–Trinajstić information content (AvgIpc) is 3.14. The van der Waals surface area contributed by atoms with Crippen LogP contribution in [0.2, 0.25) is 10.0 Å². The number of rotatable bonds is 8. The molecule has 2 unspecified atom stereocenters. The van der Waals surface area contributed by atoms with Crippen LogP contribution in [0.3, 0.4) is 0 Å². The van der Waals surface area contributed by atoms with Crippen LogP contribution >= 0.6 is 23.2 Å². The summed E-state index contributed by atoms with van der Waals surface area (Å²) < 4.78 is 27.4.